The lowest BCUT2D eigenvalue weighted by Gasteiger charge is -2.22. The van der Waals surface area contributed by atoms with Gasteiger partial charge in [-0.1, -0.05) is 103 Å². The zero-order valence-electron chi connectivity index (χ0n) is 21.5. The molecule has 0 heterocycles. The van der Waals surface area contributed by atoms with Crippen molar-refractivity contribution in [2.45, 2.75) is 142 Å². The Balaban J connectivity index is 3.50. The van der Waals surface area contributed by atoms with Crippen LogP contribution >= 0.6 is 0 Å². The smallest absolute Gasteiger partial charge is 0.408 e. The van der Waals surface area contributed by atoms with Gasteiger partial charge in [0.1, 0.15) is 11.6 Å². The summed E-state index contributed by atoms with van der Waals surface area (Å²) in [4.78, 5) is 23.8. The van der Waals surface area contributed by atoms with Crippen LogP contribution in [0.1, 0.15) is 130 Å². The third kappa shape index (κ3) is 20.6. The van der Waals surface area contributed by atoms with E-state index in [1.54, 1.807) is 20.8 Å². The van der Waals surface area contributed by atoms with Crippen molar-refractivity contribution in [1.82, 2.24) is 10.6 Å². The van der Waals surface area contributed by atoms with E-state index in [-0.39, 0.29) is 5.91 Å². The molecule has 0 fully saturated rings. The van der Waals surface area contributed by atoms with Crippen LogP contribution in [0.4, 0.5) is 4.79 Å². The lowest BCUT2D eigenvalue weighted by atomic mass is 10.0. The van der Waals surface area contributed by atoms with Crippen molar-refractivity contribution in [2.24, 2.45) is 0 Å². The SMILES string of the molecule is CCCCCCCCCCCCCCCCCCNC(=O)C(CO)NC(=O)OC(C)(C)C. The van der Waals surface area contributed by atoms with Gasteiger partial charge in [0.25, 0.3) is 0 Å². The third-order valence-electron chi connectivity index (χ3n) is 5.52. The number of alkyl carbamates (subject to hydrolysis) is 1. The Morgan fingerprint density at radius 1 is 0.750 bits per heavy atom. The first-order valence-corrected chi connectivity index (χ1v) is 13.2. The molecule has 0 aromatic rings. The van der Waals surface area contributed by atoms with Gasteiger partial charge in [-0.15, -0.1) is 0 Å². The van der Waals surface area contributed by atoms with E-state index < -0.39 is 24.3 Å². The number of aliphatic hydroxyl groups excluding tert-OH is 1. The molecule has 0 aliphatic rings. The molecule has 3 N–H and O–H groups in total. The summed E-state index contributed by atoms with van der Waals surface area (Å²) in [6.45, 7) is 7.62. The maximum Gasteiger partial charge on any atom is 0.408 e. The van der Waals surface area contributed by atoms with Gasteiger partial charge in [0, 0.05) is 6.54 Å². The molecule has 0 rings (SSSR count). The Morgan fingerprint density at radius 2 is 1.16 bits per heavy atom. The Bertz CT molecular complexity index is 463. The van der Waals surface area contributed by atoms with Crippen molar-refractivity contribution in [2.75, 3.05) is 13.2 Å². The molecule has 0 aliphatic carbocycles. The highest BCUT2D eigenvalue weighted by atomic mass is 16.6. The highest BCUT2D eigenvalue weighted by molar-refractivity contribution is 5.85. The third-order valence-corrected chi connectivity index (χ3v) is 5.52. The number of carbonyl (C=O) groups is 2. The van der Waals surface area contributed by atoms with Crippen LogP contribution in [0.5, 0.6) is 0 Å². The molecule has 0 aromatic heterocycles. The zero-order chi connectivity index (χ0) is 24.1. The summed E-state index contributed by atoms with van der Waals surface area (Å²) in [6.07, 6.45) is 20.3. The maximum absolute atomic E-state index is 12.1. The van der Waals surface area contributed by atoms with Crippen molar-refractivity contribution in [3.8, 4) is 0 Å². The van der Waals surface area contributed by atoms with E-state index in [1.807, 2.05) is 0 Å². The van der Waals surface area contributed by atoms with Crippen molar-refractivity contribution < 1.29 is 19.4 Å². The minimum Gasteiger partial charge on any atom is -0.444 e. The van der Waals surface area contributed by atoms with Crippen LogP contribution in [0, 0.1) is 0 Å². The second-order valence-corrected chi connectivity index (χ2v) is 9.98. The van der Waals surface area contributed by atoms with Gasteiger partial charge in [0.05, 0.1) is 6.61 Å². The quantitative estimate of drug-likeness (QED) is 0.189. The Kier molecular flexibility index (Phi) is 19.5. The molecule has 1 unspecified atom stereocenters. The van der Waals surface area contributed by atoms with E-state index in [2.05, 4.69) is 17.6 Å². The number of hydrogen-bond donors (Lipinski definition) is 3. The number of aliphatic hydroxyl groups is 1. The Hall–Kier alpha value is -1.30. The monoisotopic (exact) mass is 456 g/mol. The predicted octanol–water partition coefficient (Wildman–Crippen LogP) is 6.25. The molecule has 0 saturated carbocycles. The highest BCUT2D eigenvalue weighted by Crippen LogP contribution is 2.13. The van der Waals surface area contributed by atoms with E-state index in [0.717, 1.165) is 12.8 Å². The van der Waals surface area contributed by atoms with E-state index in [0.29, 0.717) is 6.54 Å². The lowest BCUT2D eigenvalue weighted by molar-refractivity contribution is -0.124. The fourth-order valence-electron chi connectivity index (χ4n) is 3.65. The van der Waals surface area contributed by atoms with Crippen LogP contribution in [0.15, 0.2) is 0 Å². The van der Waals surface area contributed by atoms with E-state index in [1.165, 1.54) is 89.9 Å². The van der Waals surface area contributed by atoms with Crippen molar-refractivity contribution in [3.63, 3.8) is 0 Å². The normalized spacial score (nSPS) is 12.4. The van der Waals surface area contributed by atoms with Crippen LogP contribution in [0.2, 0.25) is 0 Å². The van der Waals surface area contributed by atoms with Gasteiger partial charge in [0.2, 0.25) is 5.91 Å². The van der Waals surface area contributed by atoms with E-state index in [9.17, 15) is 14.7 Å². The maximum atomic E-state index is 12.1. The van der Waals surface area contributed by atoms with Gasteiger partial charge < -0.3 is 20.5 Å². The summed E-state index contributed by atoms with van der Waals surface area (Å²) < 4.78 is 5.12. The van der Waals surface area contributed by atoms with Crippen LogP contribution in [-0.2, 0) is 9.53 Å². The standard InChI is InChI=1S/C26H52N2O4/c1-5-6-7-8-9-10-11-12-13-14-15-16-17-18-19-20-21-27-24(30)23(22-29)28-25(31)32-26(2,3)4/h23,29H,5-22H2,1-4H3,(H,27,30)(H,28,31). The summed E-state index contributed by atoms with van der Waals surface area (Å²) in [6, 6.07) is -0.981. The fraction of sp³-hybridized carbons (Fsp3) is 0.923. The van der Waals surface area contributed by atoms with Crippen molar-refractivity contribution >= 4 is 12.0 Å². The number of carbonyl (C=O) groups excluding carboxylic acids is 2. The van der Waals surface area contributed by atoms with Crippen LogP contribution in [-0.4, -0.2) is 41.9 Å². The molecule has 0 bridgehead atoms. The van der Waals surface area contributed by atoms with Crippen LogP contribution < -0.4 is 10.6 Å². The zero-order valence-corrected chi connectivity index (χ0v) is 21.5. The molecule has 1 atom stereocenters. The summed E-state index contributed by atoms with van der Waals surface area (Å²) in [7, 11) is 0. The molecule has 0 radical (unpaired) electrons. The molecule has 6 heteroatoms. The molecule has 32 heavy (non-hydrogen) atoms. The van der Waals surface area contributed by atoms with Gasteiger partial charge in [-0.05, 0) is 27.2 Å². The van der Waals surface area contributed by atoms with Gasteiger partial charge in [-0.25, -0.2) is 4.79 Å². The second kappa shape index (κ2) is 20.3. The van der Waals surface area contributed by atoms with E-state index in [4.69, 9.17) is 4.74 Å². The topological polar surface area (TPSA) is 87.7 Å². The largest absolute Gasteiger partial charge is 0.444 e. The van der Waals surface area contributed by atoms with Gasteiger partial charge in [0.15, 0.2) is 0 Å². The molecule has 2 amide bonds. The molecular weight excluding hydrogens is 404 g/mol. The predicted molar refractivity (Wildman–Crippen MR) is 133 cm³/mol. The Morgan fingerprint density at radius 3 is 1.53 bits per heavy atom. The number of rotatable bonds is 20. The molecule has 0 aliphatic heterocycles. The van der Waals surface area contributed by atoms with Gasteiger partial charge >= 0.3 is 6.09 Å². The fourth-order valence-corrected chi connectivity index (χ4v) is 3.65. The van der Waals surface area contributed by atoms with Gasteiger partial charge in [-0.2, -0.15) is 0 Å². The summed E-state index contributed by atoms with van der Waals surface area (Å²) >= 11 is 0. The Labute approximate surface area is 197 Å². The molecule has 0 spiro atoms. The first kappa shape index (κ1) is 30.7. The van der Waals surface area contributed by atoms with Crippen molar-refractivity contribution in [3.05, 3.63) is 0 Å². The molecule has 190 valence electrons. The van der Waals surface area contributed by atoms with Gasteiger partial charge in [-0.3, -0.25) is 4.79 Å². The number of hydrogen-bond acceptors (Lipinski definition) is 4. The molecule has 0 saturated heterocycles. The second-order valence-electron chi connectivity index (χ2n) is 9.98. The number of nitrogens with one attached hydrogen (secondary N) is 2. The highest BCUT2D eigenvalue weighted by Gasteiger charge is 2.23. The molecule has 0 aromatic carbocycles. The average molecular weight is 457 g/mol. The first-order valence-electron chi connectivity index (χ1n) is 13.2. The molecule has 6 nitrogen and oxygen atoms in total. The number of ether oxygens (including phenoxy) is 1. The van der Waals surface area contributed by atoms with Crippen LogP contribution in [0.25, 0.3) is 0 Å². The van der Waals surface area contributed by atoms with E-state index >= 15 is 0 Å². The number of amides is 2. The first-order chi connectivity index (χ1) is 15.3. The lowest BCUT2D eigenvalue weighted by Crippen LogP contribution is -2.50. The summed E-state index contributed by atoms with van der Waals surface area (Å²) in [5.74, 6) is -0.376. The average Bonchev–Trinajstić information content (AvgIpc) is 2.72. The minimum atomic E-state index is -0.981. The minimum absolute atomic E-state index is 0.376. The van der Waals surface area contributed by atoms with Crippen molar-refractivity contribution in [1.29, 1.82) is 0 Å². The molecular formula is C26H52N2O4. The summed E-state index contributed by atoms with van der Waals surface area (Å²) in [5.41, 5.74) is -0.645. The number of unbranched alkanes of at least 4 members (excludes halogenated alkanes) is 15. The summed E-state index contributed by atoms with van der Waals surface area (Å²) in [5, 5.41) is 14.5. The van der Waals surface area contributed by atoms with Crippen LogP contribution in [0.3, 0.4) is 0 Å².